The van der Waals surface area contributed by atoms with E-state index in [1.165, 1.54) is 17.7 Å². The molecule has 0 bridgehead atoms. The van der Waals surface area contributed by atoms with Crippen LogP contribution in [0, 0.1) is 0 Å². The van der Waals surface area contributed by atoms with Gasteiger partial charge in [-0.25, -0.2) is 0 Å². The van der Waals surface area contributed by atoms with E-state index in [2.05, 4.69) is 34.1 Å². The van der Waals surface area contributed by atoms with E-state index in [1.807, 2.05) is 6.92 Å². The van der Waals surface area contributed by atoms with Gasteiger partial charge in [0.05, 0.1) is 13.2 Å². The van der Waals surface area contributed by atoms with Crippen molar-refractivity contribution in [3.05, 3.63) is 29.8 Å². The summed E-state index contributed by atoms with van der Waals surface area (Å²) < 4.78 is 5.44. The van der Waals surface area contributed by atoms with Crippen molar-refractivity contribution < 1.29 is 4.74 Å². The highest BCUT2D eigenvalue weighted by Gasteiger charge is 2.28. The van der Waals surface area contributed by atoms with Crippen molar-refractivity contribution in [2.75, 3.05) is 44.3 Å². The number of hydrogen-bond donors (Lipinski definition) is 1. The molecular weight excluding hydrogens is 250 g/mol. The van der Waals surface area contributed by atoms with Gasteiger partial charge < -0.3 is 15.4 Å². The summed E-state index contributed by atoms with van der Waals surface area (Å²) in [6.45, 7) is 8.26. The molecule has 2 atom stereocenters. The van der Waals surface area contributed by atoms with Gasteiger partial charge >= 0.3 is 0 Å². The molecule has 0 spiro atoms. The van der Waals surface area contributed by atoms with Crippen LogP contribution >= 0.6 is 0 Å². The normalized spacial score (nSPS) is 25.9. The summed E-state index contributed by atoms with van der Waals surface area (Å²) in [5.41, 5.74) is 8.44. The Hall–Kier alpha value is -1.10. The minimum atomic E-state index is 0.115. The van der Waals surface area contributed by atoms with Crippen molar-refractivity contribution >= 4 is 5.69 Å². The molecule has 2 aliphatic rings. The topological polar surface area (TPSA) is 41.7 Å². The molecule has 110 valence electrons. The third-order valence-electron chi connectivity index (χ3n) is 4.51. The molecule has 0 radical (unpaired) electrons. The SMILES string of the molecule is C[C@@H](N)c1ccc(N2CCC(N3CCOCC3)C2)cc1. The predicted molar refractivity (Wildman–Crippen MR) is 82.1 cm³/mol. The third kappa shape index (κ3) is 2.97. The fourth-order valence-corrected chi connectivity index (χ4v) is 3.21. The highest BCUT2D eigenvalue weighted by Crippen LogP contribution is 2.24. The summed E-state index contributed by atoms with van der Waals surface area (Å²) in [5, 5.41) is 0. The van der Waals surface area contributed by atoms with Crippen molar-refractivity contribution in [3.63, 3.8) is 0 Å². The molecule has 0 saturated carbocycles. The van der Waals surface area contributed by atoms with E-state index < -0.39 is 0 Å². The smallest absolute Gasteiger partial charge is 0.0594 e. The van der Waals surface area contributed by atoms with Gasteiger partial charge in [0.25, 0.3) is 0 Å². The maximum Gasteiger partial charge on any atom is 0.0594 e. The molecule has 0 amide bonds. The zero-order valence-corrected chi connectivity index (χ0v) is 12.3. The summed E-state index contributed by atoms with van der Waals surface area (Å²) in [4.78, 5) is 5.07. The van der Waals surface area contributed by atoms with Crippen LogP contribution in [0.5, 0.6) is 0 Å². The molecule has 4 heteroatoms. The summed E-state index contributed by atoms with van der Waals surface area (Å²) in [7, 11) is 0. The second-order valence-corrected chi connectivity index (χ2v) is 5.92. The first-order valence-corrected chi connectivity index (χ1v) is 7.66. The fraction of sp³-hybridized carbons (Fsp3) is 0.625. The molecular formula is C16H25N3O. The monoisotopic (exact) mass is 275 g/mol. The van der Waals surface area contributed by atoms with E-state index in [0.29, 0.717) is 6.04 Å². The van der Waals surface area contributed by atoms with Crippen molar-refractivity contribution in [1.29, 1.82) is 0 Å². The Labute approximate surface area is 121 Å². The molecule has 1 unspecified atom stereocenters. The first-order valence-electron chi connectivity index (χ1n) is 7.66. The summed E-state index contributed by atoms with van der Waals surface area (Å²) in [6.07, 6.45) is 1.26. The number of benzene rings is 1. The molecule has 4 nitrogen and oxygen atoms in total. The van der Waals surface area contributed by atoms with E-state index in [0.717, 1.165) is 39.4 Å². The van der Waals surface area contributed by atoms with E-state index >= 15 is 0 Å². The van der Waals surface area contributed by atoms with E-state index in [4.69, 9.17) is 10.5 Å². The fourth-order valence-electron chi connectivity index (χ4n) is 3.21. The number of ether oxygens (including phenoxy) is 1. The van der Waals surface area contributed by atoms with Gasteiger partial charge in [-0.3, -0.25) is 4.90 Å². The van der Waals surface area contributed by atoms with Crippen LogP contribution in [-0.2, 0) is 4.74 Å². The quantitative estimate of drug-likeness (QED) is 0.910. The molecule has 2 N–H and O–H groups in total. The van der Waals surface area contributed by atoms with Crippen LogP contribution in [0.3, 0.4) is 0 Å². The van der Waals surface area contributed by atoms with Gasteiger partial charge in [0, 0.05) is 44.0 Å². The molecule has 3 rings (SSSR count). The van der Waals surface area contributed by atoms with Crippen LogP contribution in [0.1, 0.15) is 24.9 Å². The first-order chi connectivity index (χ1) is 9.74. The van der Waals surface area contributed by atoms with Crippen LogP contribution in [0.15, 0.2) is 24.3 Å². The summed E-state index contributed by atoms with van der Waals surface area (Å²) >= 11 is 0. The number of rotatable bonds is 3. The lowest BCUT2D eigenvalue weighted by Crippen LogP contribution is -2.44. The second-order valence-electron chi connectivity index (χ2n) is 5.92. The Bertz CT molecular complexity index is 426. The number of morpholine rings is 1. The standard InChI is InChI=1S/C16H25N3O/c1-13(17)14-2-4-15(5-3-14)19-7-6-16(12-19)18-8-10-20-11-9-18/h2-5,13,16H,6-12,17H2,1H3/t13-,16?/m1/s1. The van der Waals surface area contributed by atoms with E-state index in [1.54, 1.807) is 0 Å². The lowest BCUT2D eigenvalue weighted by Gasteiger charge is -2.32. The Balaban J connectivity index is 1.61. The van der Waals surface area contributed by atoms with Gasteiger partial charge in [0.15, 0.2) is 0 Å². The van der Waals surface area contributed by atoms with Gasteiger partial charge in [0.1, 0.15) is 0 Å². The lowest BCUT2D eigenvalue weighted by atomic mass is 10.1. The van der Waals surface area contributed by atoms with Crippen molar-refractivity contribution in [2.45, 2.75) is 25.4 Å². The van der Waals surface area contributed by atoms with Crippen LogP contribution < -0.4 is 10.6 Å². The summed E-state index contributed by atoms with van der Waals surface area (Å²) in [6, 6.07) is 9.53. The highest BCUT2D eigenvalue weighted by atomic mass is 16.5. The van der Waals surface area contributed by atoms with E-state index in [9.17, 15) is 0 Å². The molecule has 20 heavy (non-hydrogen) atoms. The molecule has 1 aromatic rings. The van der Waals surface area contributed by atoms with Gasteiger partial charge in [-0.1, -0.05) is 12.1 Å². The average Bonchev–Trinajstić information content (AvgIpc) is 2.98. The maximum atomic E-state index is 5.90. The number of hydrogen-bond acceptors (Lipinski definition) is 4. The van der Waals surface area contributed by atoms with E-state index in [-0.39, 0.29) is 6.04 Å². The Morgan fingerprint density at radius 3 is 2.50 bits per heavy atom. The molecule has 0 aromatic heterocycles. The van der Waals surface area contributed by atoms with Crippen LogP contribution in [0.4, 0.5) is 5.69 Å². The predicted octanol–water partition coefficient (Wildman–Crippen LogP) is 1.62. The van der Waals surface area contributed by atoms with Gasteiger partial charge in [-0.15, -0.1) is 0 Å². The minimum absolute atomic E-state index is 0.115. The average molecular weight is 275 g/mol. The van der Waals surface area contributed by atoms with Crippen molar-refractivity contribution in [3.8, 4) is 0 Å². The molecule has 1 aromatic carbocycles. The van der Waals surface area contributed by atoms with Crippen LogP contribution in [-0.4, -0.2) is 50.3 Å². The van der Waals surface area contributed by atoms with Gasteiger partial charge in [-0.2, -0.15) is 0 Å². The molecule has 2 heterocycles. The van der Waals surface area contributed by atoms with Crippen LogP contribution in [0.2, 0.25) is 0 Å². The summed E-state index contributed by atoms with van der Waals surface area (Å²) in [5.74, 6) is 0. The minimum Gasteiger partial charge on any atom is -0.379 e. The third-order valence-corrected chi connectivity index (χ3v) is 4.51. The molecule has 2 aliphatic heterocycles. The van der Waals surface area contributed by atoms with Crippen molar-refractivity contribution in [1.82, 2.24) is 4.90 Å². The Morgan fingerprint density at radius 2 is 1.85 bits per heavy atom. The largest absolute Gasteiger partial charge is 0.379 e. The molecule has 2 saturated heterocycles. The zero-order chi connectivity index (χ0) is 13.9. The zero-order valence-electron chi connectivity index (χ0n) is 12.3. The second kappa shape index (κ2) is 6.12. The Kier molecular flexibility index (Phi) is 4.24. The molecule has 0 aliphatic carbocycles. The lowest BCUT2D eigenvalue weighted by molar-refractivity contribution is 0.0209. The van der Waals surface area contributed by atoms with Gasteiger partial charge in [-0.05, 0) is 31.0 Å². The maximum absolute atomic E-state index is 5.90. The van der Waals surface area contributed by atoms with Crippen LogP contribution in [0.25, 0.3) is 0 Å². The van der Waals surface area contributed by atoms with Crippen molar-refractivity contribution in [2.24, 2.45) is 5.73 Å². The Morgan fingerprint density at radius 1 is 1.15 bits per heavy atom. The number of anilines is 1. The highest BCUT2D eigenvalue weighted by molar-refractivity contribution is 5.49. The molecule has 2 fully saturated rings. The first kappa shape index (κ1) is 13.9. The number of nitrogens with zero attached hydrogens (tertiary/aromatic N) is 2. The van der Waals surface area contributed by atoms with Gasteiger partial charge in [0.2, 0.25) is 0 Å². The number of nitrogens with two attached hydrogens (primary N) is 1.